The van der Waals surface area contributed by atoms with Gasteiger partial charge in [-0.1, -0.05) is 15.9 Å². The van der Waals surface area contributed by atoms with Crippen molar-refractivity contribution in [2.24, 2.45) is 5.92 Å². The van der Waals surface area contributed by atoms with Crippen LogP contribution in [0.1, 0.15) is 18.9 Å². The van der Waals surface area contributed by atoms with Gasteiger partial charge in [0.25, 0.3) is 0 Å². The van der Waals surface area contributed by atoms with Gasteiger partial charge in [-0.2, -0.15) is 13.2 Å². The van der Waals surface area contributed by atoms with Crippen LogP contribution < -0.4 is 10.6 Å². The molecule has 2 atom stereocenters. The van der Waals surface area contributed by atoms with Gasteiger partial charge in [0.15, 0.2) is 0 Å². The Hall–Kier alpha value is -1.08. The van der Waals surface area contributed by atoms with Gasteiger partial charge in [-0.3, -0.25) is 4.79 Å². The molecular weight excluding hydrogens is 337 g/mol. The maximum atomic E-state index is 12.8. The molecule has 20 heavy (non-hydrogen) atoms. The molecule has 3 nitrogen and oxygen atoms in total. The Morgan fingerprint density at radius 1 is 1.45 bits per heavy atom. The number of anilines is 1. The molecule has 1 fully saturated rings. The number of rotatable bonds is 2. The fraction of sp³-hybridized carbons (Fsp3) is 0.462. The summed E-state index contributed by atoms with van der Waals surface area (Å²) in [6.07, 6.45) is -3.77. The molecule has 0 spiro atoms. The summed E-state index contributed by atoms with van der Waals surface area (Å²) in [7, 11) is 0. The summed E-state index contributed by atoms with van der Waals surface area (Å²) in [5.74, 6) is -0.467. The number of halogens is 4. The highest BCUT2D eigenvalue weighted by molar-refractivity contribution is 9.10. The van der Waals surface area contributed by atoms with Crippen molar-refractivity contribution in [3.63, 3.8) is 0 Å². The molecule has 2 N–H and O–H groups in total. The average molecular weight is 351 g/mol. The van der Waals surface area contributed by atoms with Gasteiger partial charge < -0.3 is 10.6 Å². The number of nitrogens with one attached hydrogen (secondary N) is 2. The van der Waals surface area contributed by atoms with Crippen LogP contribution in [-0.4, -0.2) is 18.5 Å². The van der Waals surface area contributed by atoms with Crippen LogP contribution in [0.2, 0.25) is 0 Å². The van der Waals surface area contributed by atoms with Crippen molar-refractivity contribution in [3.8, 4) is 0 Å². The van der Waals surface area contributed by atoms with Gasteiger partial charge in [0, 0.05) is 16.2 Å². The Morgan fingerprint density at radius 3 is 2.70 bits per heavy atom. The molecule has 0 aliphatic carbocycles. The summed E-state index contributed by atoms with van der Waals surface area (Å²) in [6, 6.07) is 3.71. The molecule has 2 rings (SSSR count). The minimum absolute atomic E-state index is 0.0348. The van der Waals surface area contributed by atoms with E-state index in [1.54, 1.807) is 0 Å². The van der Waals surface area contributed by atoms with Crippen molar-refractivity contribution in [2.75, 3.05) is 11.9 Å². The maximum absolute atomic E-state index is 12.8. The quantitative estimate of drug-likeness (QED) is 0.858. The van der Waals surface area contributed by atoms with Gasteiger partial charge in [-0.05, 0) is 38.1 Å². The van der Waals surface area contributed by atoms with Crippen LogP contribution in [0.15, 0.2) is 22.7 Å². The first kappa shape index (κ1) is 15.3. The van der Waals surface area contributed by atoms with Crippen molar-refractivity contribution < 1.29 is 18.0 Å². The van der Waals surface area contributed by atoms with Crippen LogP contribution in [0.25, 0.3) is 0 Å². The first-order valence-corrected chi connectivity index (χ1v) is 6.99. The van der Waals surface area contributed by atoms with Crippen molar-refractivity contribution in [1.29, 1.82) is 0 Å². The molecule has 1 aliphatic heterocycles. The number of carbonyl (C=O) groups excluding carboxylic acids is 1. The molecule has 1 saturated heterocycles. The van der Waals surface area contributed by atoms with Crippen molar-refractivity contribution in [2.45, 2.75) is 25.6 Å². The highest BCUT2D eigenvalue weighted by atomic mass is 79.9. The normalized spacial score (nSPS) is 22.9. The summed E-state index contributed by atoms with van der Waals surface area (Å²) in [4.78, 5) is 12.0. The standard InChI is InChI=1S/C13H14BrF3N2O/c1-7-9(4-5-18-7)12(20)19-8-2-3-11(14)10(6-8)13(15,16)17/h2-3,6-7,9,18H,4-5H2,1H3,(H,19,20). The number of benzene rings is 1. The lowest BCUT2D eigenvalue weighted by molar-refractivity contribution is -0.138. The largest absolute Gasteiger partial charge is 0.417 e. The predicted molar refractivity (Wildman–Crippen MR) is 73.3 cm³/mol. The van der Waals surface area contributed by atoms with E-state index in [0.717, 1.165) is 12.6 Å². The first-order chi connectivity index (χ1) is 9.29. The number of hydrogen-bond acceptors (Lipinski definition) is 2. The molecule has 0 bridgehead atoms. The van der Waals surface area contributed by atoms with Gasteiger partial charge in [-0.15, -0.1) is 0 Å². The topological polar surface area (TPSA) is 41.1 Å². The zero-order chi connectivity index (χ0) is 14.9. The second kappa shape index (κ2) is 5.73. The Morgan fingerprint density at radius 2 is 2.15 bits per heavy atom. The Bertz CT molecular complexity index is 519. The summed E-state index contributed by atoms with van der Waals surface area (Å²) in [6.45, 7) is 2.63. The summed E-state index contributed by atoms with van der Waals surface area (Å²) < 4.78 is 38.3. The molecule has 2 unspecified atom stereocenters. The summed E-state index contributed by atoms with van der Waals surface area (Å²) in [5.41, 5.74) is -0.641. The Kier molecular flexibility index (Phi) is 4.39. The van der Waals surface area contributed by atoms with Crippen LogP contribution in [0.4, 0.5) is 18.9 Å². The van der Waals surface area contributed by atoms with Crippen LogP contribution in [0.3, 0.4) is 0 Å². The summed E-state index contributed by atoms with van der Waals surface area (Å²) in [5, 5.41) is 5.69. The lowest BCUT2D eigenvalue weighted by atomic mass is 10.0. The third-order valence-electron chi connectivity index (χ3n) is 3.40. The second-order valence-corrected chi connectivity index (χ2v) is 5.67. The lowest BCUT2D eigenvalue weighted by Gasteiger charge is -2.16. The van der Waals surface area contributed by atoms with E-state index in [4.69, 9.17) is 0 Å². The molecule has 1 heterocycles. The maximum Gasteiger partial charge on any atom is 0.417 e. The zero-order valence-corrected chi connectivity index (χ0v) is 12.3. The van der Waals surface area contributed by atoms with Gasteiger partial charge in [0.05, 0.1) is 11.5 Å². The summed E-state index contributed by atoms with van der Waals surface area (Å²) >= 11 is 2.87. The van der Waals surface area contributed by atoms with E-state index in [-0.39, 0.29) is 28.0 Å². The molecule has 1 amide bonds. The molecule has 1 aromatic rings. The lowest BCUT2D eigenvalue weighted by Crippen LogP contribution is -2.32. The zero-order valence-electron chi connectivity index (χ0n) is 10.7. The van der Waals surface area contributed by atoms with E-state index in [1.807, 2.05) is 6.92 Å². The van der Waals surface area contributed by atoms with Gasteiger partial charge in [0.2, 0.25) is 5.91 Å². The van der Waals surface area contributed by atoms with Gasteiger partial charge >= 0.3 is 6.18 Å². The fourth-order valence-electron chi connectivity index (χ4n) is 2.27. The van der Waals surface area contributed by atoms with Crippen LogP contribution in [0, 0.1) is 5.92 Å². The molecule has 0 saturated carbocycles. The van der Waals surface area contributed by atoms with Gasteiger partial charge in [-0.25, -0.2) is 0 Å². The third kappa shape index (κ3) is 3.32. The second-order valence-electron chi connectivity index (χ2n) is 4.82. The number of hydrogen-bond donors (Lipinski definition) is 2. The van der Waals surface area contributed by atoms with E-state index in [1.165, 1.54) is 12.1 Å². The molecule has 1 aromatic carbocycles. The number of alkyl halides is 3. The fourth-order valence-corrected chi connectivity index (χ4v) is 2.74. The van der Waals surface area contributed by atoms with Crippen LogP contribution >= 0.6 is 15.9 Å². The number of amides is 1. The van der Waals surface area contributed by atoms with E-state index in [9.17, 15) is 18.0 Å². The molecule has 0 aromatic heterocycles. The Balaban J connectivity index is 2.16. The highest BCUT2D eigenvalue weighted by Gasteiger charge is 2.34. The third-order valence-corrected chi connectivity index (χ3v) is 4.09. The molecule has 1 aliphatic rings. The Labute approximate surface area is 123 Å². The predicted octanol–water partition coefficient (Wildman–Crippen LogP) is 3.40. The van der Waals surface area contributed by atoms with E-state index >= 15 is 0 Å². The molecule has 7 heteroatoms. The minimum Gasteiger partial charge on any atom is -0.326 e. The van der Waals surface area contributed by atoms with Crippen molar-refractivity contribution in [3.05, 3.63) is 28.2 Å². The SMILES string of the molecule is CC1NCCC1C(=O)Nc1ccc(Br)c(C(F)(F)F)c1. The smallest absolute Gasteiger partial charge is 0.326 e. The molecule has 0 radical (unpaired) electrons. The van der Waals surface area contributed by atoms with E-state index in [2.05, 4.69) is 26.6 Å². The van der Waals surface area contributed by atoms with Crippen LogP contribution in [0.5, 0.6) is 0 Å². The highest BCUT2D eigenvalue weighted by Crippen LogP contribution is 2.36. The minimum atomic E-state index is -4.46. The van der Waals surface area contributed by atoms with E-state index in [0.29, 0.717) is 6.42 Å². The van der Waals surface area contributed by atoms with Crippen molar-refractivity contribution >= 4 is 27.5 Å². The first-order valence-electron chi connectivity index (χ1n) is 6.20. The number of carbonyl (C=O) groups is 1. The average Bonchev–Trinajstić information content (AvgIpc) is 2.76. The van der Waals surface area contributed by atoms with Crippen molar-refractivity contribution in [1.82, 2.24) is 5.32 Å². The van der Waals surface area contributed by atoms with Gasteiger partial charge in [0.1, 0.15) is 0 Å². The monoisotopic (exact) mass is 350 g/mol. The van der Waals surface area contributed by atoms with E-state index < -0.39 is 11.7 Å². The molecular formula is C13H14BrF3N2O. The molecule has 110 valence electrons. The van der Waals surface area contributed by atoms with Crippen LogP contribution in [-0.2, 0) is 11.0 Å².